The number of carbonyl (C=O) groups excluding carboxylic acids is 3. The second kappa shape index (κ2) is 9.66. The van der Waals surface area contributed by atoms with Crippen LogP contribution < -0.4 is 10.6 Å². The molecule has 0 spiro atoms. The predicted molar refractivity (Wildman–Crippen MR) is 115 cm³/mol. The van der Waals surface area contributed by atoms with E-state index in [0.29, 0.717) is 11.1 Å². The second-order valence-corrected chi connectivity index (χ2v) is 8.69. The molecule has 1 aliphatic rings. The maximum absolute atomic E-state index is 13.1. The number of hydrogen-bond acceptors (Lipinski definition) is 4. The average molecular weight is 414 g/mol. The zero-order chi connectivity index (χ0) is 22.5. The van der Waals surface area contributed by atoms with Crippen molar-refractivity contribution in [3.05, 3.63) is 35.4 Å². The van der Waals surface area contributed by atoms with E-state index in [0.717, 1.165) is 12.8 Å². The number of rotatable bonds is 7. The van der Waals surface area contributed by atoms with Crippen LogP contribution in [0.1, 0.15) is 64.6 Å². The van der Waals surface area contributed by atoms with Gasteiger partial charge in [0.25, 0.3) is 0 Å². The van der Waals surface area contributed by atoms with Gasteiger partial charge in [-0.15, -0.1) is 6.42 Å². The first-order valence-corrected chi connectivity index (χ1v) is 10.2. The highest BCUT2D eigenvalue weighted by Crippen LogP contribution is 2.36. The van der Waals surface area contributed by atoms with Gasteiger partial charge in [-0.1, -0.05) is 24.1 Å². The lowest BCUT2D eigenvalue weighted by atomic mass is 9.97. The van der Waals surface area contributed by atoms with Gasteiger partial charge >= 0.3 is 6.09 Å². The molecule has 7 nitrogen and oxygen atoms in total. The molecule has 30 heavy (non-hydrogen) atoms. The van der Waals surface area contributed by atoms with E-state index >= 15 is 0 Å². The third-order valence-electron chi connectivity index (χ3n) is 4.38. The number of amides is 3. The summed E-state index contributed by atoms with van der Waals surface area (Å²) >= 11 is 0. The molecule has 0 radical (unpaired) electrons. The van der Waals surface area contributed by atoms with Crippen LogP contribution in [0, 0.1) is 12.3 Å². The number of carbonyl (C=O) groups is 3. The van der Waals surface area contributed by atoms with Crippen LogP contribution >= 0.6 is 0 Å². The summed E-state index contributed by atoms with van der Waals surface area (Å²) in [5.41, 5.74) is 0.477. The summed E-state index contributed by atoms with van der Waals surface area (Å²) < 4.78 is 5.20. The fourth-order valence-electron chi connectivity index (χ4n) is 3.11. The van der Waals surface area contributed by atoms with Gasteiger partial charge in [-0.25, -0.2) is 4.79 Å². The summed E-state index contributed by atoms with van der Waals surface area (Å²) in [5, 5.41) is 5.39. The predicted octanol–water partition coefficient (Wildman–Crippen LogP) is 2.75. The Morgan fingerprint density at radius 1 is 1.23 bits per heavy atom. The minimum absolute atomic E-state index is 0.0771. The largest absolute Gasteiger partial charge is 0.444 e. The van der Waals surface area contributed by atoms with E-state index in [1.807, 2.05) is 13.8 Å². The highest BCUT2D eigenvalue weighted by Gasteiger charge is 2.42. The van der Waals surface area contributed by atoms with E-state index in [4.69, 9.17) is 11.2 Å². The van der Waals surface area contributed by atoms with Crippen LogP contribution in [0.15, 0.2) is 24.3 Å². The van der Waals surface area contributed by atoms with Crippen molar-refractivity contribution in [2.75, 3.05) is 6.54 Å². The normalized spacial score (nSPS) is 14.4. The number of nitrogens with zero attached hydrogens (tertiary/aromatic N) is 1. The molecule has 1 unspecified atom stereocenters. The highest BCUT2D eigenvalue weighted by atomic mass is 16.6. The maximum atomic E-state index is 13.1. The number of alkyl carbamates (subject to hydrolysis) is 1. The zero-order valence-electron chi connectivity index (χ0n) is 18.3. The monoisotopic (exact) mass is 413 g/mol. The molecule has 1 saturated carbocycles. The molecular weight excluding hydrogens is 382 g/mol. The first-order valence-electron chi connectivity index (χ1n) is 10.2. The van der Waals surface area contributed by atoms with Crippen LogP contribution in [-0.2, 0) is 14.3 Å². The molecule has 1 aromatic carbocycles. The van der Waals surface area contributed by atoms with E-state index in [-0.39, 0.29) is 30.4 Å². The molecule has 3 amide bonds. The quantitative estimate of drug-likeness (QED) is 0.673. The Morgan fingerprint density at radius 2 is 1.87 bits per heavy atom. The van der Waals surface area contributed by atoms with Crippen LogP contribution in [0.3, 0.4) is 0 Å². The molecule has 0 aromatic heterocycles. The number of terminal acetylenes is 1. The fourth-order valence-corrected chi connectivity index (χ4v) is 3.11. The average Bonchev–Trinajstić information content (AvgIpc) is 3.46. The van der Waals surface area contributed by atoms with Crippen molar-refractivity contribution in [3.63, 3.8) is 0 Å². The molecule has 2 rings (SSSR count). The molecule has 0 heterocycles. The van der Waals surface area contributed by atoms with Crippen molar-refractivity contribution in [1.29, 1.82) is 0 Å². The Labute approximate surface area is 178 Å². The van der Waals surface area contributed by atoms with Crippen molar-refractivity contribution in [1.82, 2.24) is 15.5 Å². The van der Waals surface area contributed by atoms with Crippen molar-refractivity contribution >= 4 is 17.9 Å². The summed E-state index contributed by atoms with van der Waals surface area (Å²) in [6.07, 6.45) is 6.56. The lowest BCUT2D eigenvalue weighted by molar-refractivity contribution is -0.141. The van der Waals surface area contributed by atoms with E-state index < -0.39 is 17.7 Å². The Morgan fingerprint density at radius 3 is 2.40 bits per heavy atom. The molecule has 1 fully saturated rings. The standard InChI is InChI=1S/C23H31N3O4/c1-7-16-10-8-9-11-18(16)20(21(28)25-15(2)3)26(17-12-13-17)19(27)14-24-22(29)30-23(4,5)6/h1,8-11,15,17,20H,12-14H2,2-6H3,(H,24,29)(H,25,28). The maximum Gasteiger partial charge on any atom is 0.408 e. The minimum atomic E-state index is -0.875. The Hall–Kier alpha value is -3.01. The molecular formula is C23H31N3O4. The van der Waals surface area contributed by atoms with Gasteiger partial charge in [-0.3, -0.25) is 9.59 Å². The molecule has 0 aliphatic heterocycles. The molecule has 0 bridgehead atoms. The summed E-state index contributed by atoms with van der Waals surface area (Å²) in [5.74, 6) is 1.94. The van der Waals surface area contributed by atoms with Crippen molar-refractivity contribution in [2.24, 2.45) is 0 Å². The van der Waals surface area contributed by atoms with Crippen molar-refractivity contribution < 1.29 is 19.1 Å². The van der Waals surface area contributed by atoms with E-state index in [9.17, 15) is 14.4 Å². The topological polar surface area (TPSA) is 87.7 Å². The molecule has 162 valence electrons. The number of nitrogens with one attached hydrogen (secondary N) is 2. The van der Waals surface area contributed by atoms with Gasteiger partial charge in [0.05, 0.1) is 0 Å². The molecule has 2 N–H and O–H groups in total. The first-order chi connectivity index (χ1) is 14.0. The van der Waals surface area contributed by atoms with E-state index in [1.165, 1.54) is 0 Å². The molecule has 7 heteroatoms. The van der Waals surface area contributed by atoms with Gasteiger partial charge in [0, 0.05) is 17.6 Å². The van der Waals surface area contributed by atoms with Gasteiger partial charge in [0.2, 0.25) is 11.8 Å². The third-order valence-corrected chi connectivity index (χ3v) is 4.38. The van der Waals surface area contributed by atoms with Gasteiger partial charge < -0.3 is 20.3 Å². The highest BCUT2D eigenvalue weighted by molar-refractivity contribution is 5.91. The Kier molecular flexibility index (Phi) is 7.49. The summed E-state index contributed by atoms with van der Waals surface area (Å²) in [6, 6.07) is 6.05. The first kappa shape index (κ1) is 23.3. The number of hydrogen-bond donors (Lipinski definition) is 2. The number of ether oxygens (including phenoxy) is 1. The van der Waals surface area contributed by atoms with Crippen molar-refractivity contribution in [2.45, 2.75) is 71.2 Å². The van der Waals surface area contributed by atoms with Crippen LogP contribution in [0.4, 0.5) is 4.79 Å². The van der Waals surface area contributed by atoms with Crippen molar-refractivity contribution in [3.8, 4) is 12.3 Å². The Bertz CT molecular complexity index is 832. The van der Waals surface area contributed by atoms with Gasteiger partial charge in [-0.05, 0) is 59.1 Å². The summed E-state index contributed by atoms with van der Waals surface area (Å²) in [6.45, 7) is 8.68. The number of benzene rings is 1. The summed E-state index contributed by atoms with van der Waals surface area (Å²) in [4.78, 5) is 39.8. The lowest BCUT2D eigenvalue weighted by Crippen LogP contribution is -2.49. The smallest absolute Gasteiger partial charge is 0.408 e. The van der Waals surface area contributed by atoms with Gasteiger partial charge in [0.1, 0.15) is 18.2 Å². The SMILES string of the molecule is C#Cc1ccccc1C(C(=O)NC(C)C)N(C(=O)CNC(=O)OC(C)(C)C)C1CC1. The second-order valence-electron chi connectivity index (χ2n) is 8.69. The van der Waals surface area contributed by atoms with Crippen LogP contribution in [-0.4, -0.2) is 47.0 Å². The van der Waals surface area contributed by atoms with Gasteiger partial charge in [-0.2, -0.15) is 0 Å². The Balaban J connectivity index is 2.31. The zero-order valence-corrected chi connectivity index (χ0v) is 18.3. The van der Waals surface area contributed by atoms with Crippen LogP contribution in [0.2, 0.25) is 0 Å². The fraction of sp³-hybridized carbons (Fsp3) is 0.522. The third kappa shape index (κ3) is 6.51. The molecule has 1 aliphatic carbocycles. The van der Waals surface area contributed by atoms with Gasteiger partial charge in [0.15, 0.2) is 0 Å². The van der Waals surface area contributed by atoms with E-state index in [2.05, 4.69) is 16.6 Å². The van der Waals surface area contributed by atoms with Crippen LogP contribution in [0.5, 0.6) is 0 Å². The lowest BCUT2D eigenvalue weighted by Gasteiger charge is -2.33. The van der Waals surface area contributed by atoms with E-state index in [1.54, 1.807) is 49.9 Å². The molecule has 0 saturated heterocycles. The summed E-state index contributed by atoms with van der Waals surface area (Å²) in [7, 11) is 0. The molecule has 1 atom stereocenters. The van der Waals surface area contributed by atoms with Crippen LogP contribution in [0.25, 0.3) is 0 Å². The molecule has 1 aromatic rings. The minimum Gasteiger partial charge on any atom is -0.444 e.